The van der Waals surface area contributed by atoms with Crippen LogP contribution in [0, 0.1) is 11.3 Å². The Bertz CT molecular complexity index is 1160. The molecule has 0 amide bonds. The first kappa shape index (κ1) is 16.7. The van der Waals surface area contributed by atoms with Crippen LogP contribution in [0.1, 0.15) is 17.0 Å². The van der Waals surface area contributed by atoms with Gasteiger partial charge in [0, 0.05) is 0 Å². The Morgan fingerprint density at radius 3 is 2.59 bits per heavy atom. The van der Waals surface area contributed by atoms with Crippen LogP contribution in [-0.2, 0) is 9.53 Å². The fraction of sp³-hybridized carbons (Fsp3) is 0.150. The summed E-state index contributed by atoms with van der Waals surface area (Å²) < 4.78 is 16.0. The van der Waals surface area contributed by atoms with E-state index < -0.39 is 23.1 Å². The summed E-state index contributed by atoms with van der Waals surface area (Å²) in [5, 5.41) is 19.9. The second-order valence-electron chi connectivity index (χ2n) is 6.09. The second kappa shape index (κ2) is 5.88. The molecule has 2 unspecified atom stereocenters. The van der Waals surface area contributed by atoms with Gasteiger partial charge in [-0.3, -0.25) is 0 Å². The minimum Gasteiger partial charge on any atom is -0.508 e. The molecule has 1 aromatic heterocycles. The van der Waals surface area contributed by atoms with Gasteiger partial charge in [0.05, 0.1) is 24.0 Å². The van der Waals surface area contributed by atoms with Crippen LogP contribution in [0.5, 0.6) is 11.5 Å². The van der Waals surface area contributed by atoms with Crippen molar-refractivity contribution in [3.8, 4) is 17.6 Å². The van der Waals surface area contributed by atoms with E-state index in [4.69, 9.17) is 13.9 Å². The van der Waals surface area contributed by atoms with E-state index in [1.54, 1.807) is 24.3 Å². The van der Waals surface area contributed by atoms with Crippen molar-refractivity contribution in [3.05, 3.63) is 70.1 Å². The molecule has 2 atom stereocenters. The van der Waals surface area contributed by atoms with Crippen molar-refractivity contribution in [2.45, 2.75) is 11.5 Å². The van der Waals surface area contributed by atoms with Crippen molar-refractivity contribution in [2.75, 3.05) is 7.11 Å². The topological polar surface area (TPSA) is 110 Å². The molecule has 2 aromatic carbocycles. The molecule has 3 aromatic rings. The second-order valence-corrected chi connectivity index (χ2v) is 6.09. The number of methoxy groups -OCH3 is 1. The van der Waals surface area contributed by atoms with Crippen LogP contribution in [0.25, 0.3) is 11.0 Å². The Labute approximate surface area is 153 Å². The number of rotatable bonds is 2. The van der Waals surface area contributed by atoms with E-state index in [2.05, 4.69) is 0 Å². The van der Waals surface area contributed by atoms with Crippen LogP contribution in [-0.4, -0.2) is 23.8 Å². The fourth-order valence-corrected chi connectivity index (χ4v) is 3.43. The summed E-state index contributed by atoms with van der Waals surface area (Å²) in [6.45, 7) is 0. The van der Waals surface area contributed by atoms with Gasteiger partial charge in [0.1, 0.15) is 23.2 Å². The van der Waals surface area contributed by atoms with E-state index >= 15 is 0 Å². The van der Waals surface area contributed by atoms with E-state index in [1.165, 1.54) is 24.3 Å². The first-order chi connectivity index (χ1) is 13.0. The highest BCUT2D eigenvalue weighted by Gasteiger charge is 2.59. The number of carbonyl (C=O) groups excluding carboxylic acids is 1. The number of carbonyl (C=O) groups is 1. The van der Waals surface area contributed by atoms with Crippen LogP contribution >= 0.6 is 0 Å². The molecule has 0 saturated carbocycles. The summed E-state index contributed by atoms with van der Waals surface area (Å²) in [4.78, 5) is 25.3. The highest BCUT2D eigenvalue weighted by molar-refractivity contribution is 5.92. The molecule has 0 fully saturated rings. The lowest BCUT2D eigenvalue weighted by Crippen LogP contribution is -2.46. The van der Waals surface area contributed by atoms with E-state index in [-0.39, 0.29) is 22.6 Å². The Balaban J connectivity index is 2.08. The fourth-order valence-electron chi connectivity index (χ4n) is 3.43. The van der Waals surface area contributed by atoms with Crippen molar-refractivity contribution in [2.24, 2.45) is 0 Å². The lowest BCUT2D eigenvalue weighted by molar-refractivity contribution is -0.153. The number of nitrogens with zero attached hydrogens (tertiary/aromatic N) is 1. The van der Waals surface area contributed by atoms with Gasteiger partial charge in [-0.1, -0.05) is 24.3 Å². The number of para-hydroxylation sites is 1. The maximum absolute atomic E-state index is 12.7. The maximum atomic E-state index is 12.7. The largest absolute Gasteiger partial charge is 0.508 e. The smallest absolute Gasteiger partial charge is 0.366 e. The van der Waals surface area contributed by atoms with E-state index in [1.807, 2.05) is 6.07 Å². The predicted octanol–water partition coefficient (Wildman–Crippen LogP) is 2.46. The van der Waals surface area contributed by atoms with Gasteiger partial charge < -0.3 is 19.0 Å². The first-order valence-corrected chi connectivity index (χ1v) is 8.05. The van der Waals surface area contributed by atoms with E-state index in [9.17, 15) is 20.0 Å². The van der Waals surface area contributed by atoms with Crippen molar-refractivity contribution in [3.63, 3.8) is 0 Å². The molecule has 0 radical (unpaired) electrons. The zero-order chi connectivity index (χ0) is 19.2. The highest BCUT2D eigenvalue weighted by atomic mass is 16.6. The lowest BCUT2D eigenvalue weighted by Gasteiger charge is -2.24. The van der Waals surface area contributed by atoms with Gasteiger partial charge in [-0.15, -0.1) is 0 Å². The molecule has 1 N–H and O–H groups in total. The average Bonchev–Trinajstić information content (AvgIpc) is 3.05. The van der Waals surface area contributed by atoms with Crippen LogP contribution < -0.4 is 10.4 Å². The normalized spacial score (nSPS) is 20.5. The Morgan fingerprint density at radius 1 is 1.22 bits per heavy atom. The lowest BCUT2D eigenvalue weighted by atomic mass is 9.80. The third kappa shape index (κ3) is 2.27. The van der Waals surface area contributed by atoms with Gasteiger partial charge in [0.2, 0.25) is 0 Å². The van der Waals surface area contributed by atoms with Crippen molar-refractivity contribution < 1.29 is 23.8 Å². The first-order valence-electron chi connectivity index (χ1n) is 8.05. The number of phenolic OH excluding ortho intramolecular Hbond substituents is 1. The molecule has 0 saturated heterocycles. The number of benzene rings is 2. The minimum atomic E-state index is -2.09. The molecular weight excluding hydrogens is 350 g/mol. The highest BCUT2D eigenvalue weighted by Crippen LogP contribution is 2.50. The number of hydrogen-bond acceptors (Lipinski definition) is 7. The van der Waals surface area contributed by atoms with E-state index in [0.29, 0.717) is 10.9 Å². The molecule has 7 heteroatoms. The van der Waals surface area contributed by atoms with Crippen LogP contribution in [0.4, 0.5) is 0 Å². The summed E-state index contributed by atoms with van der Waals surface area (Å²) in [6, 6.07) is 14.4. The summed E-state index contributed by atoms with van der Waals surface area (Å²) in [7, 11) is 1.14. The molecule has 1 aliphatic rings. The summed E-state index contributed by atoms with van der Waals surface area (Å²) in [5.74, 6) is -1.88. The molecule has 0 aliphatic carbocycles. The number of fused-ring (bicyclic) bond motifs is 3. The maximum Gasteiger partial charge on any atom is 0.366 e. The van der Waals surface area contributed by atoms with Crippen LogP contribution in [0.15, 0.2) is 57.7 Å². The molecule has 134 valence electrons. The quantitative estimate of drug-likeness (QED) is 0.550. The average molecular weight is 363 g/mol. The number of hydrogen-bond donors (Lipinski definition) is 1. The zero-order valence-corrected chi connectivity index (χ0v) is 14.1. The number of ether oxygens (including phenoxy) is 2. The van der Waals surface area contributed by atoms with Crippen molar-refractivity contribution >= 4 is 16.9 Å². The van der Waals surface area contributed by atoms with Crippen LogP contribution in [0.2, 0.25) is 0 Å². The van der Waals surface area contributed by atoms with Gasteiger partial charge >= 0.3 is 17.2 Å². The van der Waals surface area contributed by atoms with Crippen molar-refractivity contribution in [1.29, 1.82) is 5.26 Å². The zero-order valence-electron chi connectivity index (χ0n) is 14.1. The molecule has 27 heavy (non-hydrogen) atoms. The third-order valence-corrected chi connectivity index (χ3v) is 4.64. The number of aromatic hydroxyl groups is 1. The Morgan fingerprint density at radius 2 is 1.93 bits per heavy atom. The van der Waals surface area contributed by atoms with Gasteiger partial charge in [0.25, 0.3) is 0 Å². The summed E-state index contributed by atoms with van der Waals surface area (Å²) in [6.07, 6.45) is 0. The number of nitriles is 1. The molecule has 7 nitrogen and oxygen atoms in total. The number of phenols is 1. The van der Waals surface area contributed by atoms with Gasteiger partial charge in [-0.2, -0.15) is 5.26 Å². The predicted molar refractivity (Wildman–Crippen MR) is 93.4 cm³/mol. The molecule has 0 spiro atoms. The van der Waals surface area contributed by atoms with Crippen LogP contribution in [0.3, 0.4) is 0 Å². The minimum absolute atomic E-state index is 0.00376. The molecule has 2 heterocycles. The molecule has 0 bridgehead atoms. The van der Waals surface area contributed by atoms with Gasteiger partial charge in [0.15, 0.2) is 0 Å². The van der Waals surface area contributed by atoms with Crippen molar-refractivity contribution in [1.82, 2.24) is 0 Å². The van der Waals surface area contributed by atoms with E-state index in [0.717, 1.165) is 7.11 Å². The third-order valence-electron chi connectivity index (χ3n) is 4.64. The summed E-state index contributed by atoms with van der Waals surface area (Å²) in [5.41, 5.74) is -2.02. The number of esters is 1. The SMILES string of the molecule is COC(=O)C1(C#N)Oc2c(c(=O)oc3ccccc23)C1c1ccc(O)cc1. The molecular formula is C20H13NO6. The van der Waals surface area contributed by atoms with Gasteiger partial charge in [-0.05, 0) is 29.8 Å². The van der Waals surface area contributed by atoms with Gasteiger partial charge in [-0.25, -0.2) is 9.59 Å². The molecule has 4 rings (SSSR count). The Kier molecular flexibility index (Phi) is 3.63. The summed E-state index contributed by atoms with van der Waals surface area (Å²) >= 11 is 0. The standard InChI is InChI=1S/C20H13NO6/c1-25-19(24)20(10-21)16(11-6-8-12(22)9-7-11)15-17(27-20)13-4-2-3-5-14(13)26-18(15)23/h2-9,16,22H,1H3. The molecule has 1 aliphatic heterocycles. The monoisotopic (exact) mass is 363 g/mol. The Hall–Kier alpha value is -3.79.